The Balaban J connectivity index is 1.44. The fourth-order valence-corrected chi connectivity index (χ4v) is 2.60. The maximum absolute atomic E-state index is 13.1. The molecule has 0 aromatic heterocycles. The van der Waals surface area contributed by atoms with Crippen LogP contribution in [0, 0.1) is 11.6 Å². The fourth-order valence-electron chi connectivity index (χ4n) is 2.60. The molecule has 6 nitrogen and oxygen atoms in total. The average Bonchev–Trinajstić information content (AvgIpc) is 2.73. The van der Waals surface area contributed by atoms with Gasteiger partial charge in [0.1, 0.15) is 23.1 Å². The smallest absolute Gasteiger partial charge is 0.124 e. The molecule has 0 saturated heterocycles. The Bertz CT molecular complexity index is 774. The van der Waals surface area contributed by atoms with Gasteiger partial charge in [0.2, 0.25) is 0 Å². The van der Waals surface area contributed by atoms with E-state index in [-0.39, 0.29) is 11.5 Å². The molecule has 0 aliphatic carbocycles. The van der Waals surface area contributed by atoms with Crippen molar-refractivity contribution in [2.75, 3.05) is 39.3 Å². The largest absolute Gasteiger partial charge is 0.507 e. The van der Waals surface area contributed by atoms with Crippen molar-refractivity contribution in [3.05, 3.63) is 59.2 Å². The Morgan fingerprint density at radius 2 is 1.13 bits per heavy atom. The summed E-state index contributed by atoms with van der Waals surface area (Å²) in [6.45, 7) is 4.47. The molecule has 0 fully saturated rings. The second-order valence-electron chi connectivity index (χ2n) is 6.68. The van der Waals surface area contributed by atoms with Crippen molar-refractivity contribution in [2.24, 2.45) is 9.98 Å². The number of aromatic hydroxyl groups is 2. The molecular weight excluding hydrogens is 390 g/mol. The number of hydrogen-bond donors (Lipinski definition) is 4. The van der Waals surface area contributed by atoms with Crippen molar-refractivity contribution in [2.45, 2.75) is 12.8 Å². The first-order chi connectivity index (χ1) is 14.6. The molecule has 8 heteroatoms. The minimum atomic E-state index is -0.402. The van der Waals surface area contributed by atoms with E-state index in [4.69, 9.17) is 0 Å². The van der Waals surface area contributed by atoms with Gasteiger partial charge in [-0.25, -0.2) is 8.78 Å². The molecule has 0 aliphatic heterocycles. The van der Waals surface area contributed by atoms with Crippen molar-refractivity contribution >= 4 is 12.4 Å². The lowest BCUT2D eigenvalue weighted by Gasteiger charge is -2.05. The van der Waals surface area contributed by atoms with Crippen molar-refractivity contribution in [3.8, 4) is 11.5 Å². The summed E-state index contributed by atoms with van der Waals surface area (Å²) in [7, 11) is 0. The Labute approximate surface area is 175 Å². The Morgan fingerprint density at radius 3 is 1.57 bits per heavy atom. The summed E-state index contributed by atoms with van der Waals surface area (Å²) >= 11 is 0. The van der Waals surface area contributed by atoms with Gasteiger partial charge in [-0.2, -0.15) is 0 Å². The van der Waals surface area contributed by atoms with Crippen LogP contribution in [0.5, 0.6) is 11.5 Å². The molecule has 0 spiro atoms. The van der Waals surface area contributed by atoms with E-state index in [0.717, 1.165) is 39.0 Å². The normalized spacial score (nSPS) is 11.7. The van der Waals surface area contributed by atoms with Crippen LogP contribution in [0.2, 0.25) is 0 Å². The van der Waals surface area contributed by atoms with Crippen LogP contribution in [0.15, 0.2) is 46.4 Å². The van der Waals surface area contributed by atoms with Crippen molar-refractivity contribution in [3.63, 3.8) is 0 Å². The van der Waals surface area contributed by atoms with Gasteiger partial charge in [-0.1, -0.05) is 0 Å². The molecule has 0 saturated carbocycles. The molecule has 0 amide bonds. The summed E-state index contributed by atoms with van der Waals surface area (Å²) in [4.78, 5) is 8.39. The quantitative estimate of drug-likeness (QED) is 0.298. The van der Waals surface area contributed by atoms with Crippen LogP contribution in [0.4, 0.5) is 8.78 Å². The molecule has 2 rings (SSSR count). The van der Waals surface area contributed by atoms with Crippen LogP contribution in [0.3, 0.4) is 0 Å². The van der Waals surface area contributed by atoms with Crippen LogP contribution in [-0.2, 0) is 0 Å². The molecule has 0 unspecified atom stereocenters. The SMILES string of the molecule is Oc1ccc(F)cc1C=NCCCNCCNCCCN=Cc1cc(F)ccc1O. The van der Waals surface area contributed by atoms with E-state index in [2.05, 4.69) is 20.6 Å². The van der Waals surface area contributed by atoms with Gasteiger partial charge < -0.3 is 20.8 Å². The van der Waals surface area contributed by atoms with Gasteiger partial charge in [-0.05, 0) is 62.3 Å². The highest BCUT2D eigenvalue weighted by Crippen LogP contribution is 2.16. The zero-order chi connectivity index (χ0) is 21.6. The minimum absolute atomic E-state index is 0.0159. The third-order valence-corrected chi connectivity index (χ3v) is 4.20. The lowest BCUT2D eigenvalue weighted by molar-refractivity contribution is 0.471. The monoisotopic (exact) mass is 418 g/mol. The Hall–Kier alpha value is -2.84. The predicted molar refractivity (Wildman–Crippen MR) is 116 cm³/mol. The standard InChI is InChI=1S/C22H28F2N4O2/c23-19-3-5-21(29)17(13-19)15-27-9-1-7-25-11-12-26-8-2-10-28-16-18-14-20(24)4-6-22(18)30/h3-6,13-16,25-26,29-30H,1-2,7-12H2. The third kappa shape index (κ3) is 9.11. The molecule has 0 aliphatic rings. The highest BCUT2D eigenvalue weighted by Gasteiger charge is 2.00. The van der Waals surface area contributed by atoms with E-state index in [0.29, 0.717) is 24.2 Å². The van der Waals surface area contributed by atoms with E-state index in [9.17, 15) is 19.0 Å². The van der Waals surface area contributed by atoms with Crippen LogP contribution < -0.4 is 10.6 Å². The lowest BCUT2D eigenvalue weighted by Crippen LogP contribution is -2.29. The molecule has 4 N–H and O–H groups in total. The fraction of sp³-hybridized carbons (Fsp3) is 0.364. The maximum atomic E-state index is 13.1. The van der Waals surface area contributed by atoms with Gasteiger partial charge in [-0.15, -0.1) is 0 Å². The second kappa shape index (κ2) is 13.4. The van der Waals surface area contributed by atoms with Crippen LogP contribution in [0.25, 0.3) is 0 Å². The third-order valence-electron chi connectivity index (χ3n) is 4.20. The maximum Gasteiger partial charge on any atom is 0.124 e. The molecule has 2 aromatic carbocycles. The van der Waals surface area contributed by atoms with E-state index >= 15 is 0 Å². The van der Waals surface area contributed by atoms with Gasteiger partial charge in [0.05, 0.1) is 0 Å². The average molecular weight is 418 g/mol. The molecule has 0 bridgehead atoms. The summed E-state index contributed by atoms with van der Waals surface area (Å²) in [5.41, 5.74) is 0.758. The number of aliphatic imine (C=N–C) groups is 2. The van der Waals surface area contributed by atoms with E-state index < -0.39 is 11.6 Å². The molecule has 0 heterocycles. The molecule has 0 radical (unpaired) electrons. The van der Waals surface area contributed by atoms with Crippen molar-refractivity contribution in [1.29, 1.82) is 0 Å². The van der Waals surface area contributed by atoms with Gasteiger partial charge in [0.15, 0.2) is 0 Å². The van der Waals surface area contributed by atoms with Crippen molar-refractivity contribution in [1.82, 2.24) is 10.6 Å². The molecule has 0 atom stereocenters. The Morgan fingerprint density at radius 1 is 0.700 bits per heavy atom. The molecule has 2 aromatic rings. The van der Waals surface area contributed by atoms with Crippen molar-refractivity contribution < 1.29 is 19.0 Å². The summed E-state index contributed by atoms with van der Waals surface area (Å²) in [6.07, 6.45) is 4.65. The number of benzene rings is 2. The first-order valence-electron chi connectivity index (χ1n) is 9.94. The molecule has 30 heavy (non-hydrogen) atoms. The number of phenolic OH excluding ortho intramolecular Hbond substituents is 2. The van der Waals surface area contributed by atoms with Crippen LogP contribution in [-0.4, -0.2) is 61.9 Å². The van der Waals surface area contributed by atoms with Gasteiger partial charge in [0, 0.05) is 49.7 Å². The zero-order valence-corrected chi connectivity index (χ0v) is 16.8. The number of phenols is 2. The Kier molecular flexibility index (Phi) is 10.5. The number of halogens is 2. The summed E-state index contributed by atoms with van der Waals surface area (Å²) in [6, 6.07) is 7.53. The zero-order valence-electron chi connectivity index (χ0n) is 16.8. The van der Waals surface area contributed by atoms with Crippen LogP contribution in [0.1, 0.15) is 24.0 Å². The van der Waals surface area contributed by atoms with Crippen LogP contribution >= 0.6 is 0 Å². The summed E-state index contributed by atoms with van der Waals surface area (Å²) < 4.78 is 26.2. The number of nitrogens with zero attached hydrogens (tertiary/aromatic N) is 2. The van der Waals surface area contributed by atoms with E-state index in [1.165, 1.54) is 48.8 Å². The molecular formula is C22H28F2N4O2. The highest BCUT2D eigenvalue weighted by molar-refractivity contribution is 5.83. The lowest BCUT2D eigenvalue weighted by atomic mass is 10.2. The van der Waals surface area contributed by atoms with Gasteiger partial charge >= 0.3 is 0 Å². The second-order valence-corrected chi connectivity index (χ2v) is 6.68. The van der Waals surface area contributed by atoms with Gasteiger partial charge in [0.25, 0.3) is 0 Å². The first kappa shape index (κ1) is 23.4. The summed E-state index contributed by atoms with van der Waals surface area (Å²) in [5.74, 6) is -0.772. The predicted octanol–water partition coefficient (Wildman–Crippen LogP) is 2.87. The minimum Gasteiger partial charge on any atom is -0.507 e. The molecule has 162 valence electrons. The number of rotatable bonds is 13. The van der Waals surface area contributed by atoms with E-state index in [1.807, 2.05) is 0 Å². The topological polar surface area (TPSA) is 89.2 Å². The van der Waals surface area contributed by atoms with Gasteiger partial charge in [-0.3, -0.25) is 9.98 Å². The highest BCUT2D eigenvalue weighted by atomic mass is 19.1. The number of nitrogens with one attached hydrogen (secondary N) is 2. The first-order valence-corrected chi connectivity index (χ1v) is 9.94. The summed E-state index contributed by atoms with van der Waals surface area (Å²) in [5, 5.41) is 25.8. The number of hydrogen-bond acceptors (Lipinski definition) is 6. The van der Waals surface area contributed by atoms with E-state index in [1.54, 1.807) is 0 Å².